The van der Waals surface area contributed by atoms with Gasteiger partial charge in [0, 0.05) is 6.54 Å². The second-order valence-electron chi connectivity index (χ2n) is 4.47. The topological polar surface area (TPSA) is 66.4 Å². The van der Waals surface area contributed by atoms with Crippen LogP contribution in [-0.4, -0.2) is 34.5 Å². The van der Waals surface area contributed by atoms with E-state index in [4.69, 9.17) is 5.11 Å². The molecular weight excluding hydrogens is 262 g/mol. The molecule has 0 saturated heterocycles. The fraction of sp³-hybridized carbons (Fsp3) is 0.429. The summed E-state index contributed by atoms with van der Waals surface area (Å²) in [5.41, 5.74) is 1.19. The number of benzene rings is 1. The summed E-state index contributed by atoms with van der Waals surface area (Å²) < 4.78 is 0. The van der Waals surface area contributed by atoms with Crippen LogP contribution in [0.25, 0.3) is 0 Å². The van der Waals surface area contributed by atoms with E-state index < -0.39 is 5.97 Å². The summed E-state index contributed by atoms with van der Waals surface area (Å²) in [7, 11) is 0. The standard InChI is InChI=1S/C14H19NO3S/c1-10(2)19-9-13(16)15-7-6-11-4-3-5-12(8-11)14(17)18/h3-5,8,10H,6-7,9H2,1-2H3,(H,15,16)(H,17,18). The summed E-state index contributed by atoms with van der Waals surface area (Å²) in [6.45, 7) is 4.63. The van der Waals surface area contributed by atoms with Gasteiger partial charge in [0.1, 0.15) is 0 Å². The van der Waals surface area contributed by atoms with Crippen molar-refractivity contribution in [2.75, 3.05) is 12.3 Å². The molecule has 2 N–H and O–H groups in total. The highest BCUT2D eigenvalue weighted by atomic mass is 32.2. The van der Waals surface area contributed by atoms with Crippen LogP contribution in [0.5, 0.6) is 0 Å². The first-order valence-electron chi connectivity index (χ1n) is 6.19. The summed E-state index contributed by atoms with van der Waals surface area (Å²) in [4.78, 5) is 22.3. The molecule has 1 amide bonds. The number of carboxylic acid groups (broad SMARTS) is 1. The summed E-state index contributed by atoms with van der Waals surface area (Å²) >= 11 is 1.60. The van der Waals surface area contributed by atoms with Crippen LogP contribution in [0.1, 0.15) is 29.8 Å². The van der Waals surface area contributed by atoms with E-state index in [1.165, 1.54) is 0 Å². The monoisotopic (exact) mass is 281 g/mol. The lowest BCUT2D eigenvalue weighted by Crippen LogP contribution is -2.27. The number of aromatic carboxylic acids is 1. The molecule has 0 radical (unpaired) electrons. The molecule has 0 unspecified atom stereocenters. The zero-order chi connectivity index (χ0) is 14.3. The van der Waals surface area contributed by atoms with Gasteiger partial charge in [0.05, 0.1) is 11.3 Å². The Labute approximate surface area is 117 Å². The Morgan fingerprint density at radius 2 is 2.11 bits per heavy atom. The van der Waals surface area contributed by atoms with Crippen LogP contribution in [0.15, 0.2) is 24.3 Å². The molecule has 1 aromatic carbocycles. The van der Waals surface area contributed by atoms with Crippen molar-refractivity contribution in [1.29, 1.82) is 0 Å². The first-order valence-corrected chi connectivity index (χ1v) is 7.24. The van der Waals surface area contributed by atoms with Crippen molar-refractivity contribution in [1.82, 2.24) is 5.32 Å². The third-order valence-corrected chi connectivity index (χ3v) is 3.55. The van der Waals surface area contributed by atoms with Crippen molar-refractivity contribution >= 4 is 23.6 Å². The van der Waals surface area contributed by atoms with Crippen molar-refractivity contribution in [2.45, 2.75) is 25.5 Å². The molecule has 4 nitrogen and oxygen atoms in total. The number of thioether (sulfide) groups is 1. The van der Waals surface area contributed by atoms with E-state index in [-0.39, 0.29) is 11.5 Å². The predicted octanol–water partition coefficient (Wildman–Crippen LogP) is 2.19. The van der Waals surface area contributed by atoms with Crippen LogP contribution in [0, 0.1) is 0 Å². The summed E-state index contributed by atoms with van der Waals surface area (Å²) in [6.07, 6.45) is 0.638. The number of hydrogen-bond acceptors (Lipinski definition) is 3. The van der Waals surface area contributed by atoms with E-state index in [1.807, 2.05) is 6.07 Å². The molecule has 104 valence electrons. The third kappa shape index (κ3) is 6.29. The summed E-state index contributed by atoms with van der Waals surface area (Å²) in [5.74, 6) is -0.445. The van der Waals surface area contributed by atoms with Crippen molar-refractivity contribution in [3.8, 4) is 0 Å². The van der Waals surface area contributed by atoms with Crippen LogP contribution in [0.4, 0.5) is 0 Å². The normalized spacial score (nSPS) is 10.5. The van der Waals surface area contributed by atoms with Gasteiger partial charge in [0.25, 0.3) is 0 Å². The Morgan fingerprint density at radius 1 is 1.37 bits per heavy atom. The largest absolute Gasteiger partial charge is 0.478 e. The molecular formula is C14H19NO3S. The number of carbonyl (C=O) groups is 2. The average Bonchev–Trinajstić information content (AvgIpc) is 2.36. The molecule has 19 heavy (non-hydrogen) atoms. The fourth-order valence-electron chi connectivity index (χ4n) is 1.50. The Morgan fingerprint density at radius 3 is 2.74 bits per heavy atom. The maximum absolute atomic E-state index is 11.5. The van der Waals surface area contributed by atoms with E-state index >= 15 is 0 Å². The molecule has 0 heterocycles. The van der Waals surface area contributed by atoms with Crippen LogP contribution in [-0.2, 0) is 11.2 Å². The number of amides is 1. The van der Waals surface area contributed by atoms with E-state index in [0.717, 1.165) is 5.56 Å². The number of carbonyl (C=O) groups excluding carboxylic acids is 1. The zero-order valence-electron chi connectivity index (χ0n) is 11.2. The SMILES string of the molecule is CC(C)SCC(=O)NCCc1cccc(C(=O)O)c1. The van der Waals surface area contributed by atoms with Gasteiger partial charge < -0.3 is 10.4 Å². The van der Waals surface area contributed by atoms with E-state index in [2.05, 4.69) is 19.2 Å². The fourth-order valence-corrected chi connectivity index (χ4v) is 2.09. The molecule has 1 rings (SSSR count). The third-order valence-electron chi connectivity index (χ3n) is 2.46. The molecule has 0 aliphatic heterocycles. The lowest BCUT2D eigenvalue weighted by molar-refractivity contribution is -0.118. The highest BCUT2D eigenvalue weighted by Crippen LogP contribution is 2.08. The average molecular weight is 281 g/mol. The minimum Gasteiger partial charge on any atom is -0.478 e. The lowest BCUT2D eigenvalue weighted by atomic mass is 10.1. The van der Waals surface area contributed by atoms with Gasteiger partial charge in [0.15, 0.2) is 0 Å². The second-order valence-corrected chi connectivity index (χ2v) is 6.03. The number of hydrogen-bond donors (Lipinski definition) is 2. The van der Waals surface area contributed by atoms with Crippen LogP contribution < -0.4 is 5.32 Å². The quantitative estimate of drug-likeness (QED) is 0.804. The van der Waals surface area contributed by atoms with Gasteiger partial charge in [-0.15, -0.1) is 11.8 Å². The van der Waals surface area contributed by atoms with E-state index in [9.17, 15) is 9.59 Å². The molecule has 0 aliphatic carbocycles. The molecule has 5 heteroatoms. The predicted molar refractivity (Wildman–Crippen MR) is 77.7 cm³/mol. The second kappa shape index (κ2) is 7.84. The van der Waals surface area contributed by atoms with Crippen LogP contribution in [0.2, 0.25) is 0 Å². The van der Waals surface area contributed by atoms with Gasteiger partial charge in [-0.05, 0) is 29.4 Å². The summed E-state index contributed by atoms with van der Waals surface area (Å²) in [5, 5.41) is 12.1. The van der Waals surface area contributed by atoms with Gasteiger partial charge in [-0.2, -0.15) is 0 Å². The van der Waals surface area contributed by atoms with Crippen LogP contribution in [0.3, 0.4) is 0 Å². The number of rotatable bonds is 7. The van der Waals surface area contributed by atoms with Crippen molar-refractivity contribution < 1.29 is 14.7 Å². The van der Waals surface area contributed by atoms with Gasteiger partial charge in [-0.1, -0.05) is 26.0 Å². The molecule has 0 atom stereocenters. The highest BCUT2D eigenvalue weighted by Gasteiger charge is 2.05. The highest BCUT2D eigenvalue weighted by molar-refractivity contribution is 8.00. The minimum atomic E-state index is -0.931. The van der Waals surface area contributed by atoms with Crippen molar-refractivity contribution in [2.24, 2.45) is 0 Å². The molecule has 0 spiro atoms. The van der Waals surface area contributed by atoms with Crippen molar-refractivity contribution in [3.63, 3.8) is 0 Å². The first-order chi connectivity index (χ1) is 8.99. The molecule has 1 aromatic rings. The number of carboxylic acids is 1. The molecule has 0 fully saturated rings. The maximum Gasteiger partial charge on any atom is 0.335 e. The zero-order valence-corrected chi connectivity index (χ0v) is 12.0. The summed E-state index contributed by atoms with van der Waals surface area (Å²) in [6, 6.07) is 6.78. The van der Waals surface area contributed by atoms with Gasteiger partial charge in [-0.3, -0.25) is 4.79 Å². The Hall–Kier alpha value is -1.49. The smallest absolute Gasteiger partial charge is 0.335 e. The number of nitrogens with one attached hydrogen (secondary N) is 1. The Kier molecular flexibility index (Phi) is 6.42. The molecule has 0 aliphatic rings. The Balaban J connectivity index is 2.35. The minimum absolute atomic E-state index is 0.0214. The van der Waals surface area contributed by atoms with Gasteiger partial charge in [-0.25, -0.2) is 4.79 Å². The maximum atomic E-state index is 11.5. The molecule has 0 aromatic heterocycles. The van der Waals surface area contributed by atoms with Crippen LogP contribution >= 0.6 is 11.8 Å². The molecule has 0 bridgehead atoms. The molecule has 0 saturated carbocycles. The van der Waals surface area contributed by atoms with Crippen molar-refractivity contribution in [3.05, 3.63) is 35.4 Å². The van der Waals surface area contributed by atoms with Gasteiger partial charge >= 0.3 is 5.97 Å². The Bertz CT molecular complexity index is 446. The van der Waals surface area contributed by atoms with E-state index in [1.54, 1.807) is 30.0 Å². The van der Waals surface area contributed by atoms with Gasteiger partial charge in [0.2, 0.25) is 5.91 Å². The van der Waals surface area contributed by atoms with E-state index in [0.29, 0.717) is 24.0 Å². The first kappa shape index (κ1) is 15.6. The lowest BCUT2D eigenvalue weighted by Gasteiger charge is -2.07.